The molecule has 0 unspecified atom stereocenters. The maximum Gasteiger partial charge on any atom is 0.123 e. The summed E-state index contributed by atoms with van der Waals surface area (Å²) < 4.78 is 11.0. The number of benzene rings is 2. The first-order chi connectivity index (χ1) is 11.6. The Morgan fingerprint density at radius 3 is 2.67 bits per heavy atom. The normalized spacial score (nSPS) is 10.2. The van der Waals surface area contributed by atoms with Gasteiger partial charge in [-0.25, -0.2) is 0 Å². The number of methoxy groups -OCH3 is 1. The van der Waals surface area contributed by atoms with E-state index in [9.17, 15) is 0 Å². The van der Waals surface area contributed by atoms with Crippen LogP contribution in [0.15, 0.2) is 55.1 Å². The van der Waals surface area contributed by atoms with Crippen LogP contribution in [0.3, 0.4) is 0 Å². The van der Waals surface area contributed by atoms with Crippen molar-refractivity contribution in [2.75, 3.05) is 27.2 Å². The van der Waals surface area contributed by atoms with Gasteiger partial charge < -0.3 is 9.47 Å². The fraction of sp³-hybridized carbons (Fsp3) is 0.238. The van der Waals surface area contributed by atoms with E-state index in [1.54, 1.807) is 7.11 Å². The monoisotopic (exact) mass is 321 g/mol. The first-order valence-electron chi connectivity index (χ1n) is 7.78. The Hall–Kier alpha value is -2.70. The first kappa shape index (κ1) is 17.7. The van der Waals surface area contributed by atoms with Crippen LogP contribution >= 0.6 is 0 Å². The van der Waals surface area contributed by atoms with Crippen molar-refractivity contribution in [1.82, 2.24) is 4.90 Å². The Bertz CT molecular complexity index is 731. The Kier molecular flexibility index (Phi) is 6.48. The summed E-state index contributed by atoms with van der Waals surface area (Å²) in [5, 5.41) is 0. The van der Waals surface area contributed by atoms with Gasteiger partial charge in [-0.1, -0.05) is 36.8 Å². The summed E-state index contributed by atoms with van der Waals surface area (Å²) in [6.45, 7) is 6.01. The SMILES string of the molecule is C#CCN(C)CC(=C)c1cccc(COc2cccc(OC)c2)c1. The number of rotatable bonds is 8. The van der Waals surface area contributed by atoms with E-state index >= 15 is 0 Å². The number of hydrogen-bond donors (Lipinski definition) is 0. The van der Waals surface area contributed by atoms with Crippen molar-refractivity contribution in [3.8, 4) is 23.8 Å². The van der Waals surface area contributed by atoms with Crippen LogP contribution in [0, 0.1) is 12.3 Å². The summed E-state index contributed by atoms with van der Waals surface area (Å²) >= 11 is 0. The third kappa shape index (κ3) is 5.19. The van der Waals surface area contributed by atoms with Gasteiger partial charge in [-0.15, -0.1) is 6.42 Å². The molecule has 0 aliphatic heterocycles. The van der Waals surface area contributed by atoms with E-state index in [2.05, 4.69) is 29.5 Å². The molecule has 2 aromatic rings. The minimum Gasteiger partial charge on any atom is -0.497 e. The summed E-state index contributed by atoms with van der Waals surface area (Å²) in [4.78, 5) is 2.06. The van der Waals surface area contributed by atoms with E-state index in [0.717, 1.165) is 34.7 Å². The molecule has 0 N–H and O–H groups in total. The van der Waals surface area contributed by atoms with Crippen molar-refractivity contribution in [3.05, 3.63) is 66.2 Å². The summed E-state index contributed by atoms with van der Waals surface area (Å²) in [7, 11) is 3.63. The lowest BCUT2D eigenvalue weighted by molar-refractivity contribution is 0.303. The van der Waals surface area contributed by atoms with Gasteiger partial charge in [0, 0.05) is 12.6 Å². The second-order valence-electron chi connectivity index (χ2n) is 5.65. The van der Waals surface area contributed by atoms with Crippen LogP contribution in [0.2, 0.25) is 0 Å². The lowest BCUT2D eigenvalue weighted by Gasteiger charge is -2.16. The minimum atomic E-state index is 0.495. The van der Waals surface area contributed by atoms with Crippen molar-refractivity contribution in [2.45, 2.75) is 6.61 Å². The molecular weight excluding hydrogens is 298 g/mol. The predicted molar refractivity (Wildman–Crippen MR) is 99.1 cm³/mol. The molecule has 0 amide bonds. The van der Waals surface area contributed by atoms with Gasteiger partial charge in [-0.3, -0.25) is 4.90 Å². The molecule has 0 heterocycles. The molecule has 0 aromatic heterocycles. The van der Waals surface area contributed by atoms with Crippen molar-refractivity contribution in [1.29, 1.82) is 0 Å². The summed E-state index contributed by atoms with van der Waals surface area (Å²) in [6.07, 6.45) is 5.34. The summed E-state index contributed by atoms with van der Waals surface area (Å²) in [5.41, 5.74) is 3.23. The minimum absolute atomic E-state index is 0.495. The molecule has 3 heteroatoms. The molecule has 2 rings (SSSR count). The van der Waals surface area contributed by atoms with Gasteiger partial charge in [-0.05, 0) is 41.9 Å². The Morgan fingerprint density at radius 1 is 1.17 bits per heavy atom. The molecule has 0 aliphatic carbocycles. The van der Waals surface area contributed by atoms with E-state index < -0.39 is 0 Å². The maximum atomic E-state index is 5.84. The van der Waals surface area contributed by atoms with E-state index in [1.165, 1.54) is 0 Å². The molecule has 124 valence electrons. The first-order valence-corrected chi connectivity index (χ1v) is 7.78. The van der Waals surface area contributed by atoms with Crippen LogP contribution < -0.4 is 9.47 Å². The summed E-state index contributed by atoms with van der Waals surface area (Å²) in [6, 6.07) is 15.8. The maximum absolute atomic E-state index is 5.84. The molecule has 0 spiro atoms. The molecule has 0 saturated heterocycles. The molecule has 0 radical (unpaired) electrons. The zero-order chi connectivity index (χ0) is 17.4. The molecule has 0 bridgehead atoms. The fourth-order valence-electron chi connectivity index (χ4n) is 2.37. The number of likely N-dealkylation sites (N-methyl/N-ethyl adjacent to an activating group) is 1. The smallest absolute Gasteiger partial charge is 0.123 e. The topological polar surface area (TPSA) is 21.7 Å². The molecule has 0 atom stereocenters. The standard InChI is InChI=1S/C21H23NO2/c1-5-12-22(3)15-17(2)19-9-6-8-18(13-19)16-24-21-11-7-10-20(14-21)23-4/h1,6-11,13-14H,2,12,15-16H2,3-4H3. The highest BCUT2D eigenvalue weighted by Crippen LogP contribution is 2.21. The second-order valence-corrected chi connectivity index (χ2v) is 5.65. The largest absolute Gasteiger partial charge is 0.497 e. The van der Waals surface area contributed by atoms with Crippen LogP contribution in [0.25, 0.3) is 5.57 Å². The number of ether oxygens (including phenoxy) is 2. The molecular formula is C21H23NO2. The third-order valence-electron chi connectivity index (χ3n) is 3.60. The van der Waals surface area contributed by atoms with Crippen LogP contribution in [0.5, 0.6) is 11.5 Å². The average Bonchev–Trinajstić information content (AvgIpc) is 2.60. The van der Waals surface area contributed by atoms with Crippen LogP contribution in [-0.2, 0) is 6.61 Å². The number of terminal acetylenes is 1. The molecule has 2 aromatic carbocycles. The molecule has 0 saturated carbocycles. The Labute approximate surface area is 144 Å². The zero-order valence-corrected chi connectivity index (χ0v) is 14.3. The van der Waals surface area contributed by atoms with Crippen LogP contribution in [0.4, 0.5) is 0 Å². The Morgan fingerprint density at radius 2 is 1.92 bits per heavy atom. The quantitative estimate of drug-likeness (QED) is 0.689. The van der Waals surface area contributed by atoms with Gasteiger partial charge in [0.05, 0.1) is 13.7 Å². The lowest BCUT2D eigenvalue weighted by Crippen LogP contribution is -2.20. The van der Waals surface area contributed by atoms with Crippen LogP contribution in [0.1, 0.15) is 11.1 Å². The van der Waals surface area contributed by atoms with Gasteiger partial charge >= 0.3 is 0 Å². The molecule has 24 heavy (non-hydrogen) atoms. The van der Waals surface area contributed by atoms with Gasteiger partial charge in [0.15, 0.2) is 0 Å². The van der Waals surface area contributed by atoms with Crippen molar-refractivity contribution in [3.63, 3.8) is 0 Å². The van der Waals surface area contributed by atoms with Crippen molar-refractivity contribution in [2.24, 2.45) is 0 Å². The van der Waals surface area contributed by atoms with Crippen molar-refractivity contribution >= 4 is 5.57 Å². The van der Waals surface area contributed by atoms with E-state index in [0.29, 0.717) is 13.2 Å². The van der Waals surface area contributed by atoms with Crippen LogP contribution in [-0.4, -0.2) is 32.1 Å². The highest BCUT2D eigenvalue weighted by molar-refractivity contribution is 5.65. The average molecular weight is 321 g/mol. The van der Waals surface area contributed by atoms with E-state index in [4.69, 9.17) is 15.9 Å². The zero-order valence-electron chi connectivity index (χ0n) is 14.3. The van der Waals surface area contributed by atoms with Crippen molar-refractivity contribution < 1.29 is 9.47 Å². The van der Waals surface area contributed by atoms with Gasteiger partial charge in [0.25, 0.3) is 0 Å². The highest BCUT2D eigenvalue weighted by atomic mass is 16.5. The lowest BCUT2D eigenvalue weighted by atomic mass is 10.0. The molecule has 3 nitrogen and oxygen atoms in total. The number of nitrogens with zero attached hydrogens (tertiary/aromatic N) is 1. The van der Waals surface area contributed by atoms with Gasteiger partial charge in [0.2, 0.25) is 0 Å². The van der Waals surface area contributed by atoms with E-state index in [1.807, 2.05) is 43.4 Å². The molecule has 0 fully saturated rings. The summed E-state index contributed by atoms with van der Waals surface area (Å²) in [5.74, 6) is 4.21. The molecule has 0 aliphatic rings. The van der Waals surface area contributed by atoms with Gasteiger partial charge in [-0.2, -0.15) is 0 Å². The highest BCUT2D eigenvalue weighted by Gasteiger charge is 2.05. The third-order valence-corrected chi connectivity index (χ3v) is 3.60. The van der Waals surface area contributed by atoms with Gasteiger partial charge in [0.1, 0.15) is 18.1 Å². The van der Waals surface area contributed by atoms with E-state index in [-0.39, 0.29) is 0 Å². The Balaban J connectivity index is 1.99. The predicted octanol–water partition coefficient (Wildman–Crippen LogP) is 3.85. The number of hydrogen-bond acceptors (Lipinski definition) is 3. The fourth-order valence-corrected chi connectivity index (χ4v) is 2.37. The second kappa shape index (κ2) is 8.81.